The molecule has 1 amide bonds. The predicted molar refractivity (Wildman–Crippen MR) is 40.8 cm³/mol. The zero-order chi connectivity index (χ0) is 8.55. The van der Waals surface area contributed by atoms with E-state index in [1.807, 2.05) is 0 Å². The number of hydrogen-bond donors (Lipinski definition) is 1. The van der Waals surface area contributed by atoms with Gasteiger partial charge in [0.1, 0.15) is 11.9 Å². The molecule has 0 aromatic carbocycles. The molecule has 0 radical (unpaired) electrons. The summed E-state index contributed by atoms with van der Waals surface area (Å²) in [5.41, 5.74) is 0. The van der Waals surface area contributed by atoms with Crippen molar-refractivity contribution in [2.45, 2.75) is 6.10 Å². The van der Waals surface area contributed by atoms with Gasteiger partial charge in [0.05, 0.1) is 6.61 Å². The third-order valence-corrected chi connectivity index (χ3v) is 1.73. The van der Waals surface area contributed by atoms with Crippen molar-refractivity contribution < 1.29 is 13.9 Å². The largest absolute Gasteiger partial charge is 0.453 e. The summed E-state index contributed by atoms with van der Waals surface area (Å²) in [6.45, 7) is 0.695. The molecule has 12 heavy (non-hydrogen) atoms. The highest BCUT2D eigenvalue weighted by molar-refractivity contribution is 5.91. The van der Waals surface area contributed by atoms with E-state index < -0.39 is 0 Å². The van der Waals surface area contributed by atoms with Crippen molar-refractivity contribution in [2.75, 3.05) is 13.7 Å². The molecule has 0 bridgehead atoms. The van der Waals surface area contributed by atoms with Gasteiger partial charge >= 0.3 is 0 Å². The molecule has 4 nitrogen and oxygen atoms in total. The summed E-state index contributed by atoms with van der Waals surface area (Å²) in [6, 6.07) is 3.41. The molecule has 1 aliphatic rings. The second-order valence-corrected chi connectivity index (χ2v) is 2.60. The van der Waals surface area contributed by atoms with E-state index in [9.17, 15) is 4.79 Å². The van der Waals surface area contributed by atoms with Crippen LogP contribution >= 0.6 is 0 Å². The smallest absolute Gasteiger partial charge is 0.286 e. The Morgan fingerprint density at radius 3 is 3.00 bits per heavy atom. The van der Waals surface area contributed by atoms with Gasteiger partial charge in [0.15, 0.2) is 5.76 Å². The Bertz CT molecular complexity index is 301. The highest BCUT2D eigenvalue weighted by Crippen LogP contribution is 2.30. The summed E-state index contributed by atoms with van der Waals surface area (Å²) in [7, 11) is 1.57. The van der Waals surface area contributed by atoms with Crippen molar-refractivity contribution in [1.29, 1.82) is 0 Å². The molecule has 2 heterocycles. The maximum atomic E-state index is 11.0. The van der Waals surface area contributed by atoms with E-state index in [0.29, 0.717) is 12.4 Å². The van der Waals surface area contributed by atoms with Crippen LogP contribution in [0.4, 0.5) is 0 Å². The van der Waals surface area contributed by atoms with E-state index in [-0.39, 0.29) is 12.0 Å². The first kappa shape index (κ1) is 7.36. The minimum Gasteiger partial charge on any atom is -0.453 e. The van der Waals surface area contributed by atoms with Crippen LogP contribution in [0.5, 0.6) is 0 Å². The third kappa shape index (κ3) is 1.21. The van der Waals surface area contributed by atoms with Crippen LogP contribution in [-0.4, -0.2) is 19.6 Å². The Balaban J connectivity index is 2.17. The number of nitrogens with one attached hydrogen (secondary N) is 1. The average Bonchev–Trinajstić information content (AvgIpc) is 2.83. The molecule has 4 heteroatoms. The van der Waals surface area contributed by atoms with E-state index in [0.717, 1.165) is 5.76 Å². The molecule has 64 valence electrons. The SMILES string of the molecule is CNC(=O)c1ccc(C2CO2)o1. The van der Waals surface area contributed by atoms with Gasteiger partial charge in [-0.25, -0.2) is 0 Å². The van der Waals surface area contributed by atoms with E-state index in [1.54, 1.807) is 19.2 Å². The van der Waals surface area contributed by atoms with Crippen molar-refractivity contribution in [1.82, 2.24) is 5.32 Å². The number of epoxide rings is 1. The van der Waals surface area contributed by atoms with Crippen LogP contribution in [0, 0.1) is 0 Å². The normalized spacial score (nSPS) is 20.6. The van der Waals surface area contributed by atoms with Crippen molar-refractivity contribution in [3.63, 3.8) is 0 Å². The Hall–Kier alpha value is -1.29. The fraction of sp³-hybridized carbons (Fsp3) is 0.375. The van der Waals surface area contributed by atoms with Gasteiger partial charge in [-0.15, -0.1) is 0 Å². The van der Waals surface area contributed by atoms with E-state index >= 15 is 0 Å². The van der Waals surface area contributed by atoms with Crippen LogP contribution in [0.2, 0.25) is 0 Å². The van der Waals surface area contributed by atoms with Crippen molar-refractivity contribution >= 4 is 5.91 Å². The zero-order valence-electron chi connectivity index (χ0n) is 6.66. The lowest BCUT2D eigenvalue weighted by Crippen LogP contribution is -2.16. The molecule has 0 spiro atoms. The van der Waals surface area contributed by atoms with Crippen LogP contribution in [-0.2, 0) is 4.74 Å². The minimum absolute atomic E-state index is 0.0726. The van der Waals surface area contributed by atoms with Crippen molar-refractivity contribution in [3.05, 3.63) is 23.7 Å². The lowest BCUT2D eigenvalue weighted by Gasteiger charge is -1.92. The Labute approximate surface area is 69.5 Å². The number of ether oxygens (including phenoxy) is 1. The monoisotopic (exact) mass is 167 g/mol. The first-order valence-electron chi connectivity index (χ1n) is 3.74. The molecule has 1 fully saturated rings. The molecule has 1 aromatic heterocycles. The maximum Gasteiger partial charge on any atom is 0.286 e. The second kappa shape index (κ2) is 2.64. The summed E-state index contributed by atoms with van der Waals surface area (Å²) in [4.78, 5) is 11.0. The zero-order valence-corrected chi connectivity index (χ0v) is 6.66. The number of amides is 1. The molecule has 0 saturated carbocycles. The molecule has 1 saturated heterocycles. The number of hydrogen-bond acceptors (Lipinski definition) is 3. The summed E-state index contributed by atoms with van der Waals surface area (Å²) >= 11 is 0. The van der Waals surface area contributed by atoms with Crippen LogP contribution in [0.3, 0.4) is 0 Å². The van der Waals surface area contributed by atoms with E-state index in [2.05, 4.69) is 5.32 Å². The van der Waals surface area contributed by atoms with Crippen molar-refractivity contribution in [3.8, 4) is 0 Å². The molecule has 1 aromatic rings. The highest BCUT2D eigenvalue weighted by Gasteiger charge is 2.28. The maximum absolute atomic E-state index is 11.0. The van der Waals surface area contributed by atoms with Crippen LogP contribution < -0.4 is 5.32 Å². The number of furan rings is 1. The minimum atomic E-state index is -0.207. The average molecular weight is 167 g/mol. The Morgan fingerprint density at radius 1 is 1.67 bits per heavy atom. The highest BCUT2D eigenvalue weighted by atomic mass is 16.6. The summed E-state index contributed by atoms with van der Waals surface area (Å²) in [6.07, 6.45) is 0.0726. The summed E-state index contributed by atoms with van der Waals surface area (Å²) in [5, 5.41) is 2.48. The van der Waals surface area contributed by atoms with Crippen LogP contribution in [0.1, 0.15) is 22.4 Å². The molecule has 1 atom stereocenters. The fourth-order valence-electron chi connectivity index (χ4n) is 0.983. The molecular formula is C8H9NO3. The predicted octanol–water partition coefficient (Wildman–Crippen LogP) is 0.711. The van der Waals surface area contributed by atoms with Gasteiger partial charge in [-0.2, -0.15) is 0 Å². The first-order chi connectivity index (χ1) is 5.81. The lowest BCUT2D eigenvalue weighted by molar-refractivity contribution is 0.0933. The van der Waals surface area contributed by atoms with E-state index in [1.165, 1.54) is 0 Å². The quantitative estimate of drug-likeness (QED) is 0.660. The number of carbonyl (C=O) groups is 1. The van der Waals surface area contributed by atoms with Gasteiger partial charge in [0.2, 0.25) is 0 Å². The third-order valence-electron chi connectivity index (χ3n) is 1.73. The molecule has 1 unspecified atom stereocenters. The second-order valence-electron chi connectivity index (χ2n) is 2.60. The van der Waals surface area contributed by atoms with Gasteiger partial charge in [-0.1, -0.05) is 0 Å². The topological polar surface area (TPSA) is 54.8 Å². The molecule has 1 aliphatic heterocycles. The molecule has 1 N–H and O–H groups in total. The number of rotatable bonds is 2. The molecule has 0 aliphatic carbocycles. The lowest BCUT2D eigenvalue weighted by atomic mass is 10.3. The Morgan fingerprint density at radius 2 is 2.42 bits per heavy atom. The molecule has 2 rings (SSSR count). The van der Waals surface area contributed by atoms with Crippen LogP contribution in [0.15, 0.2) is 16.5 Å². The van der Waals surface area contributed by atoms with Gasteiger partial charge in [-0.05, 0) is 12.1 Å². The molecular weight excluding hydrogens is 158 g/mol. The van der Waals surface area contributed by atoms with Crippen molar-refractivity contribution in [2.24, 2.45) is 0 Å². The Kier molecular flexibility index (Phi) is 1.62. The first-order valence-corrected chi connectivity index (χ1v) is 3.74. The van der Waals surface area contributed by atoms with Gasteiger partial charge in [0.25, 0.3) is 5.91 Å². The standard InChI is InChI=1S/C8H9NO3/c1-9-8(10)6-3-2-5(12-6)7-4-11-7/h2-3,7H,4H2,1H3,(H,9,10). The summed E-state index contributed by atoms with van der Waals surface area (Å²) in [5.74, 6) is 0.860. The number of carbonyl (C=O) groups excluding carboxylic acids is 1. The van der Waals surface area contributed by atoms with Crippen LogP contribution in [0.25, 0.3) is 0 Å². The van der Waals surface area contributed by atoms with Gasteiger partial charge in [-0.3, -0.25) is 4.79 Å². The fourth-order valence-corrected chi connectivity index (χ4v) is 0.983. The van der Waals surface area contributed by atoms with E-state index in [4.69, 9.17) is 9.15 Å². The van der Waals surface area contributed by atoms with Gasteiger partial charge < -0.3 is 14.5 Å². The van der Waals surface area contributed by atoms with Gasteiger partial charge in [0, 0.05) is 7.05 Å². The summed E-state index contributed by atoms with van der Waals surface area (Å²) < 4.78 is 10.2.